The Labute approximate surface area is 102 Å². The van der Waals surface area contributed by atoms with Gasteiger partial charge in [-0.25, -0.2) is 0 Å². The van der Waals surface area contributed by atoms with Gasteiger partial charge in [-0.2, -0.15) is 9.78 Å². The Kier molecular flexibility index (Phi) is 2.40. The Bertz CT molecular complexity index is 744. The topological polar surface area (TPSA) is 65.6 Å². The van der Waals surface area contributed by atoms with Crippen LogP contribution >= 0.6 is 0 Å². The van der Waals surface area contributed by atoms with Crippen molar-refractivity contribution in [3.8, 4) is 5.69 Å². The van der Waals surface area contributed by atoms with Crippen LogP contribution in [0.4, 0.5) is 0 Å². The molecule has 0 N–H and O–H groups in total. The molecule has 0 aliphatic carbocycles. The van der Waals surface area contributed by atoms with E-state index in [4.69, 9.17) is 0 Å². The fourth-order valence-corrected chi connectivity index (χ4v) is 1.77. The molecule has 6 heteroatoms. The van der Waals surface area contributed by atoms with Crippen LogP contribution in [0.2, 0.25) is 0 Å². The third-order valence-corrected chi connectivity index (χ3v) is 2.70. The van der Waals surface area contributed by atoms with E-state index < -0.39 is 0 Å². The third-order valence-electron chi connectivity index (χ3n) is 2.70. The number of benzene rings is 1. The second-order valence-corrected chi connectivity index (χ2v) is 3.86. The SMILES string of the molecule is CCn1cc2nnn(-c3ccccc3)c(=O)c2n1. The lowest BCUT2D eigenvalue weighted by molar-refractivity contribution is 0.666. The minimum absolute atomic E-state index is 0.251. The van der Waals surface area contributed by atoms with Crippen LogP contribution in [-0.2, 0) is 6.54 Å². The van der Waals surface area contributed by atoms with Crippen molar-refractivity contribution in [3.63, 3.8) is 0 Å². The van der Waals surface area contributed by atoms with Crippen LogP contribution in [0.3, 0.4) is 0 Å². The van der Waals surface area contributed by atoms with Crippen molar-refractivity contribution in [3.05, 3.63) is 46.9 Å². The van der Waals surface area contributed by atoms with Crippen LogP contribution in [-0.4, -0.2) is 24.8 Å². The van der Waals surface area contributed by atoms with Crippen LogP contribution in [0.15, 0.2) is 41.3 Å². The number of fused-ring (bicyclic) bond motifs is 1. The van der Waals surface area contributed by atoms with E-state index in [9.17, 15) is 4.79 Å². The van der Waals surface area contributed by atoms with Gasteiger partial charge in [0.15, 0.2) is 5.52 Å². The summed E-state index contributed by atoms with van der Waals surface area (Å²) in [4.78, 5) is 12.2. The van der Waals surface area contributed by atoms with Crippen LogP contribution in [0.25, 0.3) is 16.7 Å². The van der Waals surface area contributed by atoms with Gasteiger partial charge in [0.25, 0.3) is 0 Å². The van der Waals surface area contributed by atoms with Crippen LogP contribution < -0.4 is 5.56 Å². The molecule has 0 saturated heterocycles. The number of aromatic nitrogens is 5. The van der Waals surface area contributed by atoms with Gasteiger partial charge in [-0.1, -0.05) is 23.4 Å². The van der Waals surface area contributed by atoms with Gasteiger partial charge in [-0.15, -0.1) is 5.10 Å². The van der Waals surface area contributed by atoms with Gasteiger partial charge in [0.2, 0.25) is 0 Å². The molecule has 1 aromatic carbocycles. The van der Waals surface area contributed by atoms with E-state index >= 15 is 0 Å². The normalized spacial score (nSPS) is 10.9. The maximum absolute atomic E-state index is 12.2. The lowest BCUT2D eigenvalue weighted by Gasteiger charge is -2.01. The highest BCUT2D eigenvalue weighted by atomic mass is 16.1. The Balaban J connectivity index is 2.27. The predicted octanol–water partition coefficient (Wildman–Crippen LogP) is 0.997. The first-order chi connectivity index (χ1) is 8.79. The van der Waals surface area contributed by atoms with E-state index in [0.29, 0.717) is 23.3 Å². The Morgan fingerprint density at radius 1 is 1.22 bits per heavy atom. The second kappa shape index (κ2) is 4.06. The van der Waals surface area contributed by atoms with Gasteiger partial charge in [0.05, 0.1) is 11.9 Å². The maximum Gasteiger partial charge on any atom is 0.302 e. The zero-order valence-electron chi connectivity index (χ0n) is 9.82. The van der Waals surface area contributed by atoms with Gasteiger partial charge in [0.1, 0.15) is 5.52 Å². The molecule has 0 fully saturated rings. The lowest BCUT2D eigenvalue weighted by Crippen LogP contribution is -2.22. The molecular weight excluding hydrogens is 230 g/mol. The summed E-state index contributed by atoms with van der Waals surface area (Å²) in [5.74, 6) is 0. The Morgan fingerprint density at radius 2 is 2.00 bits per heavy atom. The van der Waals surface area contributed by atoms with Crippen molar-refractivity contribution in [2.75, 3.05) is 0 Å². The van der Waals surface area contributed by atoms with Gasteiger partial charge in [0, 0.05) is 6.54 Å². The van der Waals surface area contributed by atoms with E-state index in [1.807, 2.05) is 25.1 Å². The van der Waals surface area contributed by atoms with Gasteiger partial charge in [-0.3, -0.25) is 9.48 Å². The van der Waals surface area contributed by atoms with Crippen molar-refractivity contribution in [2.24, 2.45) is 0 Å². The zero-order chi connectivity index (χ0) is 12.5. The minimum atomic E-state index is -0.251. The van der Waals surface area contributed by atoms with Crippen molar-refractivity contribution in [2.45, 2.75) is 13.5 Å². The molecule has 0 radical (unpaired) electrons. The number of para-hydroxylation sites is 1. The van der Waals surface area contributed by atoms with Crippen LogP contribution in [0.1, 0.15) is 6.92 Å². The largest absolute Gasteiger partial charge is 0.302 e. The maximum atomic E-state index is 12.2. The summed E-state index contributed by atoms with van der Waals surface area (Å²) >= 11 is 0. The van der Waals surface area contributed by atoms with E-state index in [-0.39, 0.29) is 5.56 Å². The van der Waals surface area contributed by atoms with Crippen molar-refractivity contribution >= 4 is 11.0 Å². The zero-order valence-corrected chi connectivity index (χ0v) is 9.82. The summed E-state index contributed by atoms with van der Waals surface area (Å²) in [6.45, 7) is 2.65. The molecule has 0 aliphatic rings. The molecule has 0 spiro atoms. The molecule has 90 valence electrons. The summed E-state index contributed by atoms with van der Waals surface area (Å²) in [7, 11) is 0. The number of rotatable bonds is 2. The average Bonchev–Trinajstić information content (AvgIpc) is 2.84. The van der Waals surface area contributed by atoms with Gasteiger partial charge in [-0.05, 0) is 19.1 Å². The number of nitrogens with zero attached hydrogens (tertiary/aromatic N) is 5. The first-order valence-electron chi connectivity index (χ1n) is 5.68. The molecule has 0 atom stereocenters. The Morgan fingerprint density at radius 3 is 2.72 bits per heavy atom. The average molecular weight is 241 g/mol. The van der Waals surface area contributed by atoms with Crippen molar-refractivity contribution < 1.29 is 0 Å². The first-order valence-corrected chi connectivity index (χ1v) is 5.68. The molecular formula is C12H11N5O. The monoisotopic (exact) mass is 241 g/mol. The molecule has 18 heavy (non-hydrogen) atoms. The summed E-state index contributed by atoms with van der Waals surface area (Å²) in [6, 6.07) is 9.18. The molecule has 2 heterocycles. The van der Waals surface area contributed by atoms with E-state index in [0.717, 1.165) is 0 Å². The fraction of sp³-hybridized carbons (Fsp3) is 0.167. The van der Waals surface area contributed by atoms with E-state index in [1.165, 1.54) is 4.68 Å². The quantitative estimate of drug-likeness (QED) is 0.671. The van der Waals surface area contributed by atoms with Crippen molar-refractivity contribution in [1.82, 2.24) is 24.8 Å². The molecule has 0 saturated carbocycles. The van der Waals surface area contributed by atoms with Gasteiger partial charge >= 0.3 is 5.56 Å². The number of aryl methyl sites for hydroxylation is 1. The van der Waals surface area contributed by atoms with Gasteiger partial charge < -0.3 is 0 Å². The molecule has 2 aromatic heterocycles. The number of hydrogen-bond donors (Lipinski definition) is 0. The first kappa shape index (κ1) is 10.6. The standard InChI is InChI=1S/C12H11N5O/c1-2-16-8-10-11(14-16)12(18)17(15-13-10)9-6-4-3-5-7-9/h3-8H,2H2,1H3. The van der Waals surface area contributed by atoms with E-state index in [1.54, 1.807) is 23.0 Å². The third kappa shape index (κ3) is 1.58. The smallest absolute Gasteiger partial charge is 0.270 e. The fourth-order valence-electron chi connectivity index (χ4n) is 1.77. The number of hydrogen-bond acceptors (Lipinski definition) is 4. The Hall–Kier alpha value is -2.50. The van der Waals surface area contributed by atoms with Crippen molar-refractivity contribution in [1.29, 1.82) is 0 Å². The summed E-state index contributed by atoms with van der Waals surface area (Å²) in [5.41, 5.74) is 1.30. The molecule has 0 aliphatic heterocycles. The highest BCUT2D eigenvalue weighted by Crippen LogP contribution is 2.06. The van der Waals surface area contributed by atoms with Crippen LogP contribution in [0, 0.1) is 0 Å². The molecule has 0 bridgehead atoms. The molecule has 3 rings (SSSR count). The van der Waals surface area contributed by atoms with E-state index in [2.05, 4.69) is 15.4 Å². The summed E-state index contributed by atoms with van der Waals surface area (Å²) < 4.78 is 2.94. The highest BCUT2D eigenvalue weighted by molar-refractivity contribution is 5.71. The summed E-state index contributed by atoms with van der Waals surface area (Å²) in [6.07, 6.45) is 1.72. The summed E-state index contributed by atoms with van der Waals surface area (Å²) in [5, 5.41) is 12.1. The molecule has 0 amide bonds. The molecule has 3 aromatic rings. The minimum Gasteiger partial charge on any atom is -0.270 e. The van der Waals surface area contributed by atoms with Crippen LogP contribution in [0.5, 0.6) is 0 Å². The predicted molar refractivity (Wildman–Crippen MR) is 66.6 cm³/mol. The highest BCUT2D eigenvalue weighted by Gasteiger charge is 2.10. The molecule has 0 unspecified atom stereocenters. The molecule has 6 nitrogen and oxygen atoms in total. The second-order valence-electron chi connectivity index (χ2n) is 3.86. The lowest BCUT2D eigenvalue weighted by atomic mass is 10.3.